The third-order valence-corrected chi connectivity index (χ3v) is 3.17. The molecule has 0 aromatic carbocycles. The van der Waals surface area contributed by atoms with Crippen LogP contribution < -0.4 is 0 Å². The molecule has 67 valence electrons. The average molecular weight is 163 g/mol. The molecular weight excluding hydrogens is 144 g/mol. The smallest absolute Gasteiger partial charge is 0.0201 e. The van der Waals surface area contributed by atoms with Crippen LogP contribution in [0.2, 0.25) is 0 Å². The van der Waals surface area contributed by atoms with E-state index in [4.69, 9.17) is 0 Å². The lowest BCUT2D eigenvalue weighted by Gasteiger charge is -2.21. The molecule has 0 heteroatoms. The zero-order chi connectivity index (χ0) is 8.23. The molecule has 1 radical (unpaired) electrons. The maximum atomic E-state index is 2.47. The van der Waals surface area contributed by atoms with Gasteiger partial charge in [-0.2, -0.15) is 0 Å². The van der Waals surface area contributed by atoms with Gasteiger partial charge in [0.15, 0.2) is 0 Å². The molecule has 0 aliphatic heterocycles. The van der Waals surface area contributed by atoms with Crippen molar-refractivity contribution in [2.75, 3.05) is 0 Å². The van der Waals surface area contributed by atoms with E-state index in [1.165, 1.54) is 57.8 Å². The summed E-state index contributed by atoms with van der Waals surface area (Å²) in [6.07, 6.45) is 15.2. The molecule has 1 saturated carbocycles. The minimum absolute atomic E-state index is 1.35. The highest BCUT2D eigenvalue weighted by atomic mass is 14.2. The van der Waals surface area contributed by atoms with Crippen LogP contribution in [0, 0.1) is 5.92 Å². The van der Waals surface area contributed by atoms with E-state index in [0.717, 1.165) is 0 Å². The predicted molar refractivity (Wildman–Crippen MR) is 52.9 cm³/mol. The minimum Gasteiger partial charge on any atom is -0.0853 e. The van der Waals surface area contributed by atoms with Crippen LogP contribution in [0.5, 0.6) is 0 Å². The van der Waals surface area contributed by atoms with E-state index < -0.39 is 0 Å². The summed E-state index contributed by atoms with van der Waals surface area (Å²) in [5.41, 5.74) is 1.74. The van der Waals surface area contributed by atoms with E-state index in [1.54, 1.807) is 5.57 Å². The number of hydrogen-bond donors (Lipinski definition) is 0. The van der Waals surface area contributed by atoms with E-state index in [9.17, 15) is 0 Å². The molecule has 12 heavy (non-hydrogen) atoms. The molecule has 0 aromatic rings. The van der Waals surface area contributed by atoms with Gasteiger partial charge >= 0.3 is 0 Å². The van der Waals surface area contributed by atoms with Crippen LogP contribution in [-0.4, -0.2) is 0 Å². The number of rotatable bonds is 2. The molecule has 0 N–H and O–H groups in total. The van der Waals surface area contributed by atoms with Gasteiger partial charge in [0, 0.05) is 0 Å². The molecule has 0 saturated heterocycles. The van der Waals surface area contributed by atoms with Gasteiger partial charge in [-0.15, -0.1) is 0 Å². The molecule has 0 amide bonds. The normalized spacial score (nSPS) is 25.8. The number of hydrogen-bond acceptors (Lipinski definition) is 0. The summed E-state index contributed by atoms with van der Waals surface area (Å²) in [4.78, 5) is 0. The lowest BCUT2D eigenvalue weighted by Crippen LogP contribution is -2.04. The zero-order valence-electron chi connectivity index (χ0n) is 7.94. The lowest BCUT2D eigenvalue weighted by molar-refractivity contribution is 0.517. The molecular formula is C12H19. The van der Waals surface area contributed by atoms with E-state index in [1.807, 2.05) is 5.92 Å². The molecule has 2 rings (SSSR count). The van der Waals surface area contributed by atoms with Crippen molar-refractivity contribution in [3.63, 3.8) is 0 Å². The van der Waals surface area contributed by atoms with E-state index in [0.29, 0.717) is 0 Å². The predicted octanol–water partition coefficient (Wildman–Crippen LogP) is 4.03. The highest BCUT2D eigenvalue weighted by Crippen LogP contribution is 2.33. The fraction of sp³-hybridized carbons (Fsp3) is 0.750. The van der Waals surface area contributed by atoms with Crippen molar-refractivity contribution in [1.82, 2.24) is 0 Å². The summed E-state index contributed by atoms with van der Waals surface area (Å²) >= 11 is 0. The van der Waals surface area contributed by atoms with Crippen LogP contribution in [0.4, 0.5) is 0 Å². The van der Waals surface area contributed by atoms with Gasteiger partial charge in [0.2, 0.25) is 0 Å². The van der Waals surface area contributed by atoms with Gasteiger partial charge in [-0.05, 0) is 44.4 Å². The zero-order valence-corrected chi connectivity index (χ0v) is 7.94. The third kappa shape index (κ3) is 2.12. The van der Waals surface area contributed by atoms with Crippen molar-refractivity contribution in [2.24, 2.45) is 0 Å². The molecule has 0 heterocycles. The van der Waals surface area contributed by atoms with Gasteiger partial charge in [-0.25, -0.2) is 0 Å². The highest BCUT2D eigenvalue weighted by molar-refractivity contribution is 5.14. The Morgan fingerprint density at radius 2 is 1.75 bits per heavy atom. The van der Waals surface area contributed by atoms with Crippen LogP contribution >= 0.6 is 0 Å². The summed E-state index contributed by atoms with van der Waals surface area (Å²) in [6.45, 7) is 0. The van der Waals surface area contributed by atoms with Crippen LogP contribution in [0.25, 0.3) is 0 Å². The first-order chi connectivity index (χ1) is 5.95. The molecule has 0 unspecified atom stereocenters. The first-order valence-electron chi connectivity index (χ1n) is 5.46. The summed E-state index contributed by atoms with van der Waals surface area (Å²) in [5.74, 6) is 1.84. The SMILES string of the molecule is C1=C(C[C]2CCCCC2)CCC1. The molecule has 0 aromatic heterocycles. The van der Waals surface area contributed by atoms with Gasteiger partial charge in [-0.3, -0.25) is 0 Å². The summed E-state index contributed by atoms with van der Waals surface area (Å²) < 4.78 is 0. The number of allylic oxidation sites excluding steroid dienone is 2. The van der Waals surface area contributed by atoms with Crippen LogP contribution in [-0.2, 0) is 0 Å². The second-order valence-corrected chi connectivity index (χ2v) is 4.24. The van der Waals surface area contributed by atoms with Gasteiger partial charge in [0.25, 0.3) is 0 Å². The van der Waals surface area contributed by atoms with Crippen molar-refractivity contribution in [3.8, 4) is 0 Å². The topological polar surface area (TPSA) is 0 Å². The Balaban J connectivity index is 1.77. The monoisotopic (exact) mass is 163 g/mol. The van der Waals surface area contributed by atoms with Crippen LogP contribution in [0.3, 0.4) is 0 Å². The fourth-order valence-corrected chi connectivity index (χ4v) is 2.45. The Morgan fingerprint density at radius 1 is 0.917 bits per heavy atom. The van der Waals surface area contributed by atoms with E-state index >= 15 is 0 Å². The van der Waals surface area contributed by atoms with Crippen LogP contribution in [0.1, 0.15) is 57.8 Å². The largest absolute Gasteiger partial charge is 0.0853 e. The summed E-state index contributed by atoms with van der Waals surface area (Å²) in [5, 5.41) is 0. The van der Waals surface area contributed by atoms with Gasteiger partial charge in [0.1, 0.15) is 0 Å². The Labute approximate surface area is 76.1 Å². The lowest BCUT2D eigenvalue weighted by atomic mass is 9.84. The molecule has 0 spiro atoms. The van der Waals surface area contributed by atoms with Crippen molar-refractivity contribution in [3.05, 3.63) is 17.6 Å². The minimum atomic E-state index is 1.35. The van der Waals surface area contributed by atoms with Gasteiger partial charge in [0.05, 0.1) is 0 Å². The van der Waals surface area contributed by atoms with E-state index in [-0.39, 0.29) is 0 Å². The summed E-state index contributed by atoms with van der Waals surface area (Å²) in [6, 6.07) is 0. The Kier molecular flexibility index (Phi) is 2.86. The van der Waals surface area contributed by atoms with Crippen LogP contribution in [0.15, 0.2) is 11.6 Å². The van der Waals surface area contributed by atoms with E-state index in [2.05, 4.69) is 6.08 Å². The Hall–Kier alpha value is -0.260. The average Bonchev–Trinajstić information content (AvgIpc) is 2.59. The van der Waals surface area contributed by atoms with Crippen molar-refractivity contribution in [1.29, 1.82) is 0 Å². The van der Waals surface area contributed by atoms with Crippen molar-refractivity contribution in [2.45, 2.75) is 57.8 Å². The maximum Gasteiger partial charge on any atom is -0.0201 e. The molecule has 1 fully saturated rings. The molecule has 0 nitrogen and oxygen atoms in total. The molecule has 0 bridgehead atoms. The first kappa shape index (κ1) is 8.34. The third-order valence-electron chi connectivity index (χ3n) is 3.17. The van der Waals surface area contributed by atoms with Gasteiger partial charge < -0.3 is 0 Å². The second-order valence-electron chi connectivity index (χ2n) is 4.24. The Bertz CT molecular complexity index is 161. The van der Waals surface area contributed by atoms with Gasteiger partial charge in [-0.1, -0.05) is 30.9 Å². The Morgan fingerprint density at radius 3 is 2.42 bits per heavy atom. The second kappa shape index (κ2) is 4.11. The first-order valence-corrected chi connectivity index (χ1v) is 5.46. The summed E-state index contributed by atoms with van der Waals surface area (Å²) in [7, 11) is 0. The van der Waals surface area contributed by atoms with Crippen molar-refractivity contribution < 1.29 is 0 Å². The maximum absolute atomic E-state index is 2.47. The standard InChI is InChI=1S/C12H19/c1-2-6-11(7-3-1)10-12-8-4-5-9-12/h8H,1-7,9-10H2. The molecule has 2 aliphatic carbocycles. The molecule has 2 aliphatic rings. The van der Waals surface area contributed by atoms with Crippen molar-refractivity contribution >= 4 is 0 Å². The molecule has 0 atom stereocenters. The fourth-order valence-electron chi connectivity index (χ4n) is 2.45. The quantitative estimate of drug-likeness (QED) is 0.539. The highest BCUT2D eigenvalue weighted by Gasteiger charge is 2.16.